The van der Waals surface area contributed by atoms with Gasteiger partial charge in [-0.15, -0.1) is 0 Å². The summed E-state index contributed by atoms with van der Waals surface area (Å²) in [6.45, 7) is 4.60. The highest BCUT2D eigenvalue weighted by molar-refractivity contribution is 5.82. The zero-order chi connectivity index (χ0) is 21.7. The first-order valence-corrected chi connectivity index (χ1v) is 13.4. The molecule has 0 fully saturated rings. The first-order chi connectivity index (χ1) is 15.3. The van der Waals surface area contributed by atoms with Gasteiger partial charge in [-0.2, -0.15) is 0 Å². The van der Waals surface area contributed by atoms with Crippen LogP contribution in [0.5, 0.6) is 0 Å². The van der Waals surface area contributed by atoms with Gasteiger partial charge in [-0.25, -0.2) is 0 Å². The molecule has 0 heteroatoms. The highest BCUT2D eigenvalue weighted by atomic mass is 14.3. The summed E-state index contributed by atoms with van der Waals surface area (Å²) in [5.74, 6) is 0. The second kappa shape index (κ2) is 13.8. The Bertz CT molecular complexity index is 770. The maximum atomic E-state index is 2.47. The van der Waals surface area contributed by atoms with Crippen molar-refractivity contribution in [3.05, 3.63) is 65.1 Å². The van der Waals surface area contributed by atoms with Gasteiger partial charge in [-0.05, 0) is 59.1 Å². The molecule has 1 aliphatic rings. The van der Waals surface area contributed by atoms with E-state index in [0.29, 0.717) is 0 Å². The molecule has 0 unspecified atom stereocenters. The largest absolute Gasteiger partial charge is 0.0654 e. The van der Waals surface area contributed by atoms with Crippen LogP contribution >= 0.6 is 0 Å². The first-order valence-electron chi connectivity index (χ1n) is 13.4. The van der Waals surface area contributed by atoms with Gasteiger partial charge in [0.25, 0.3) is 0 Å². The zero-order valence-electron chi connectivity index (χ0n) is 20.4. The van der Waals surface area contributed by atoms with E-state index < -0.39 is 0 Å². The molecule has 2 aromatic rings. The molecule has 169 valence electrons. The van der Waals surface area contributed by atoms with Crippen LogP contribution in [0.15, 0.2) is 36.4 Å². The van der Waals surface area contributed by atoms with E-state index in [4.69, 9.17) is 0 Å². The minimum atomic E-state index is 1.26. The average molecular weight is 418 g/mol. The van der Waals surface area contributed by atoms with Gasteiger partial charge < -0.3 is 0 Å². The van der Waals surface area contributed by atoms with Crippen LogP contribution in [0, 0.1) is 6.42 Å². The Hall–Kier alpha value is -1.56. The number of hydrogen-bond donors (Lipinski definition) is 0. The van der Waals surface area contributed by atoms with Gasteiger partial charge in [0, 0.05) is 6.42 Å². The lowest BCUT2D eigenvalue weighted by Gasteiger charge is -2.15. The van der Waals surface area contributed by atoms with E-state index in [2.05, 4.69) is 56.7 Å². The molecule has 0 saturated heterocycles. The van der Waals surface area contributed by atoms with Gasteiger partial charge in [-0.3, -0.25) is 0 Å². The van der Waals surface area contributed by atoms with Gasteiger partial charge in [0.1, 0.15) is 0 Å². The Balaban J connectivity index is 1.59. The predicted octanol–water partition coefficient (Wildman–Crippen LogP) is 9.85. The van der Waals surface area contributed by atoms with Gasteiger partial charge in [-0.1, -0.05) is 127 Å². The van der Waals surface area contributed by atoms with Crippen molar-refractivity contribution in [2.75, 3.05) is 0 Å². The second-order valence-electron chi connectivity index (χ2n) is 9.64. The van der Waals surface area contributed by atoms with E-state index >= 15 is 0 Å². The van der Waals surface area contributed by atoms with Crippen molar-refractivity contribution >= 4 is 0 Å². The molecule has 0 amide bonds. The molecule has 0 heterocycles. The van der Waals surface area contributed by atoms with E-state index in [1.807, 2.05) is 0 Å². The Labute approximate surface area is 192 Å². The van der Waals surface area contributed by atoms with E-state index in [-0.39, 0.29) is 0 Å². The second-order valence-corrected chi connectivity index (χ2v) is 9.64. The zero-order valence-corrected chi connectivity index (χ0v) is 20.4. The van der Waals surface area contributed by atoms with Crippen LogP contribution in [0.4, 0.5) is 0 Å². The van der Waals surface area contributed by atoms with Crippen LogP contribution in [-0.2, 0) is 12.8 Å². The van der Waals surface area contributed by atoms with Crippen LogP contribution in [-0.4, -0.2) is 0 Å². The van der Waals surface area contributed by atoms with Gasteiger partial charge >= 0.3 is 0 Å². The third-order valence-electron chi connectivity index (χ3n) is 7.08. The summed E-state index contributed by atoms with van der Waals surface area (Å²) in [4.78, 5) is 0. The molecule has 0 aromatic heterocycles. The summed E-state index contributed by atoms with van der Waals surface area (Å²) in [7, 11) is 0. The monoisotopic (exact) mass is 417 g/mol. The third-order valence-corrected chi connectivity index (χ3v) is 7.08. The summed E-state index contributed by atoms with van der Waals surface area (Å²) in [6, 6.07) is 13.8. The van der Waals surface area contributed by atoms with E-state index in [1.54, 1.807) is 11.1 Å². The lowest BCUT2D eigenvalue weighted by Crippen LogP contribution is -2.00. The molecule has 2 aromatic carbocycles. The van der Waals surface area contributed by atoms with Crippen molar-refractivity contribution in [3.8, 4) is 11.1 Å². The fourth-order valence-corrected chi connectivity index (χ4v) is 5.19. The van der Waals surface area contributed by atoms with Crippen molar-refractivity contribution < 1.29 is 0 Å². The van der Waals surface area contributed by atoms with Crippen molar-refractivity contribution in [1.82, 2.24) is 0 Å². The summed E-state index contributed by atoms with van der Waals surface area (Å²) in [5, 5.41) is 0. The van der Waals surface area contributed by atoms with Crippen molar-refractivity contribution in [2.24, 2.45) is 0 Å². The third kappa shape index (κ3) is 7.23. The minimum absolute atomic E-state index is 1.26. The number of fused-ring (bicyclic) bond motifs is 3. The molecule has 3 rings (SSSR count). The van der Waals surface area contributed by atoms with Crippen LogP contribution in [0.3, 0.4) is 0 Å². The summed E-state index contributed by atoms with van der Waals surface area (Å²) >= 11 is 0. The van der Waals surface area contributed by atoms with Crippen molar-refractivity contribution in [1.29, 1.82) is 0 Å². The molecule has 0 nitrogen and oxygen atoms in total. The van der Waals surface area contributed by atoms with E-state index in [1.165, 1.54) is 125 Å². The first kappa shape index (κ1) is 24.1. The van der Waals surface area contributed by atoms with Gasteiger partial charge in [0.2, 0.25) is 0 Å². The average Bonchev–Trinajstić information content (AvgIpc) is 3.17. The lowest BCUT2D eigenvalue weighted by molar-refractivity contribution is 0.583. The Morgan fingerprint density at radius 1 is 0.516 bits per heavy atom. The SMILES string of the molecule is CCCCCCCCCc1ccc2c(c1CCCCCCCCC)[CH]c1ccccc1-2. The van der Waals surface area contributed by atoms with Gasteiger partial charge in [0.05, 0.1) is 0 Å². The predicted molar refractivity (Wildman–Crippen MR) is 138 cm³/mol. The number of benzene rings is 2. The van der Waals surface area contributed by atoms with Crippen molar-refractivity contribution in [2.45, 2.75) is 117 Å². The van der Waals surface area contributed by atoms with E-state index in [9.17, 15) is 0 Å². The molecule has 1 aliphatic carbocycles. The van der Waals surface area contributed by atoms with Gasteiger partial charge in [0.15, 0.2) is 0 Å². The molecular weight excluding hydrogens is 372 g/mol. The molecule has 0 aliphatic heterocycles. The van der Waals surface area contributed by atoms with Crippen LogP contribution in [0.1, 0.15) is 126 Å². The van der Waals surface area contributed by atoms with Crippen LogP contribution in [0.25, 0.3) is 11.1 Å². The normalized spacial score (nSPS) is 12.2. The molecule has 0 saturated carbocycles. The fraction of sp³-hybridized carbons (Fsp3) is 0.581. The van der Waals surface area contributed by atoms with E-state index in [0.717, 1.165) is 0 Å². The summed E-state index contributed by atoms with van der Waals surface area (Å²) in [6.07, 6.45) is 24.5. The maximum absolute atomic E-state index is 2.47. The molecule has 31 heavy (non-hydrogen) atoms. The standard InChI is InChI=1S/C31H45/c1-3-5-7-9-11-13-15-19-26-23-24-30-29-22-18-17-20-27(29)25-31(30)28(26)21-16-14-12-10-8-6-4-2/h17-18,20,22-25H,3-16,19,21H2,1-2H3. The molecule has 0 bridgehead atoms. The number of unbranched alkanes of at least 4 members (excludes halogenated alkanes) is 12. The summed E-state index contributed by atoms with van der Waals surface area (Å²) < 4.78 is 0. The Kier molecular flexibility index (Phi) is 10.7. The van der Waals surface area contributed by atoms with Crippen LogP contribution in [0.2, 0.25) is 0 Å². The maximum Gasteiger partial charge on any atom is 0.0214 e. The van der Waals surface area contributed by atoms with Crippen LogP contribution < -0.4 is 0 Å². The molecule has 0 spiro atoms. The van der Waals surface area contributed by atoms with Crippen molar-refractivity contribution in [3.63, 3.8) is 0 Å². The lowest BCUT2D eigenvalue weighted by atomic mass is 9.89. The Morgan fingerprint density at radius 2 is 1.10 bits per heavy atom. The molecule has 0 atom stereocenters. The molecular formula is C31H45. The fourth-order valence-electron chi connectivity index (χ4n) is 5.19. The number of aryl methyl sites for hydroxylation is 1. The quantitative estimate of drug-likeness (QED) is 0.203. The number of hydrogen-bond acceptors (Lipinski definition) is 0. The molecule has 0 N–H and O–H groups in total. The highest BCUT2D eigenvalue weighted by Crippen LogP contribution is 2.41. The smallest absolute Gasteiger partial charge is 0.0214 e. The topological polar surface area (TPSA) is 0 Å². The Morgan fingerprint density at radius 3 is 1.77 bits per heavy atom. The highest BCUT2D eigenvalue weighted by Gasteiger charge is 2.22. The minimum Gasteiger partial charge on any atom is -0.0654 e. The molecule has 1 radical (unpaired) electrons. The summed E-state index contributed by atoms with van der Waals surface area (Å²) in [5.41, 5.74) is 9.13. The number of rotatable bonds is 16.